The van der Waals surface area contributed by atoms with Crippen LogP contribution in [0.1, 0.15) is 23.2 Å². The molecule has 0 saturated carbocycles. The number of amides is 1. The van der Waals surface area contributed by atoms with Crippen LogP contribution < -0.4 is 9.80 Å². The van der Waals surface area contributed by atoms with Gasteiger partial charge in [0, 0.05) is 45.3 Å². The highest BCUT2D eigenvalue weighted by Gasteiger charge is 2.35. The zero-order valence-electron chi connectivity index (χ0n) is 18.9. The lowest BCUT2D eigenvalue weighted by atomic mass is 10.00. The first-order valence-electron chi connectivity index (χ1n) is 11.5. The van der Waals surface area contributed by atoms with Crippen LogP contribution in [-0.4, -0.2) is 71.3 Å². The number of aryl methyl sites for hydroxylation is 2. The Morgan fingerprint density at radius 3 is 2.24 bits per heavy atom. The van der Waals surface area contributed by atoms with Gasteiger partial charge in [0.1, 0.15) is 0 Å². The number of hydrogen-bond acceptors (Lipinski definition) is 7. The number of carbonyl (C=O) groups excluding carboxylic acids is 1. The molecule has 3 aromatic rings. The van der Waals surface area contributed by atoms with E-state index in [2.05, 4.69) is 15.3 Å². The molecular weight excluding hydrogens is 454 g/mol. The van der Waals surface area contributed by atoms with Gasteiger partial charge >= 0.3 is 0 Å². The first-order valence-corrected chi connectivity index (χ1v) is 12.9. The highest BCUT2D eigenvalue weighted by molar-refractivity contribution is 7.89. The molecule has 6 rings (SSSR count). The molecule has 1 amide bonds. The van der Waals surface area contributed by atoms with Crippen molar-refractivity contribution in [2.24, 2.45) is 0 Å². The number of rotatable bonds is 4. The maximum atomic E-state index is 13.5. The summed E-state index contributed by atoms with van der Waals surface area (Å²) in [6.45, 7) is 4.38. The SMILES string of the molecule is Cc1ccn(-c2ccc(N3CCN(S(=O)(=O)c4cc5c6c(c4)CCN6C(=O)CC5)CC3)nn2)n1. The predicted octanol–water partition coefficient (Wildman–Crippen LogP) is 1.32. The summed E-state index contributed by atoms with van der Waals surface area (Å²) in [7, 11) is -3.61. The number of benzene rings is 1. The van der Waals surface area contributed by atoms with Crippen molar-refractivity contribution >= 4 is 27.4 Å². The number of anilines is 2. The molecule has 3 aliphatic rings. The van der Waals surface area contributed by atoms with Gasteiger partial charge in [-0.15, -0.1) is 10.2 Å². The predicted molar refractivity (Wildman–Crippen MR) is 126 cm³/mol. The van der Waals surface area contributed by atoms with Gasteiger partial charge in [0.2, 0.25) is 15.9 Å². The molecule has 0 spiro atoms. The van der Waals surface area contributed by atoms with Gasteiger partial charge in [0.15, 0.2) is 11.6 Å². The van der Waals surface area contributed by atoms with Crippen LogP contribution in [0.4, 0.5) is 11.5 Å². The van der Waals surface area contributed by atoms with Crippen LogP contribution in [-0.2, 0) is 27.7 Å². The Kier molecular flexibility index (Phi) is 4.92. The lowest BCUT2D eigenvalue weighted by Crippen LogP contribution is -2.49. The van der Waals surface area contributed by atoms with Crippen molar-refractivity contribution in [3.8, 4) is 5.82 Å². The summed E-state index contributed by atoms with van der Waals surface area (Å²) in [5, 5.41) is 12.9. The first kappa shape index (κ1) is 21.2. The second-order valence-electron chi connectivity index (χ2n) is 8.93. The number of carbonyl (C=O) groups is 1. The maximum Gasteiger partial charge on any atom is 0.243 e. The standard InChI is InChI=1S/C23H25N7O3S/c1-16-6-9-30(26-16)21-4-3-20(24-25-21)27-10-12-28(13-11-27)34(32,33)19-14-17-2-5-22(31)29-8-7-18(15-19)23(17)29/h3-4,6,9,14-15H,2,5,7-8,10-13H2,1H3. The molecule has 11 heteroatoms. The molecule has 0 aliphatic carbocycles. The summed E-state index contributed by atoms with van der Waals surface area (Å²) >= 11 is 0. The first-order chi connectivity index (χ1) is 16.4. The monoisotopic (exact) mass is 479 g/mol. The second kappa shape index (κ2) is 7.88. The Morgan fingerprint density at radius 1 is 0.853 bits per heavy atom. The zero-order valence-corrected chi connectivity index (χ0v) is 19.7. The molecule has 3 aliphatic heterocycles. The summed E-state index contributed by atoms with van der Waals surface area (Å²) in [6.07, 6.45) is 3.58. The van der Waals surface area contributed by atoms with Crippen molar-refractivity contribution in [1.82, 2.24) is 24.3 Å². The second-order valence-corrected chi connectivity index (χ2v) is 10.9. The largest absolute Gasteiger partial charge is 0.352 e. The maximum absolute atomic E-state index is 13.5. The minimum Gasteiger partial charge on any atom is -0.352 e. The van der Waals surface area contributed by atoms with Crippen LogP contribution >= 0.6 is 0 Å². The van der Waals surface area contributed by atoms with E-state index in [4.69, 9.17) is 0 Å². The molecule has 10 nitrogen and oxygen atoms in total. The van der Waals surface area contributed by atoms with Crippen molar-refractivity contribution in [3.05, 3.63) is 53.3 Å². The normalized spacial score (nSPS) is 18.4. The topological polar surface area (TPSA) is 105 Å². The fourth-order valence-electron chi connectivity index (χ4n) is 5.03. The third kappa shape index (κ3) is 3.46. The molecular formula is C23H25N7O3S. The van der Waals surface area contributed by atoms with Gasteiger partial charge in [-0.3, -0.25) is 4.79 Å². The van der Waals surface area contributed by atoms with Crippen LogP contribution in [0.25, 0.3) is 5.82 Å². The van der Waals surface area contributed by atoms with Crippen LogP contribution in [0, 0.1) is 6.92 Å². The average molecular weight is 480 g/mol. The fourth-order valence-corrected chi connectivity index (χ4v) is 6.56. The lowest BCUT2D eigenvalue weighted by molar-refractivity contribution is -0.118. The molecule has 176 valence electrons. The Labute approximate surface area is 197 Å². The molecule has 5 heterocycles. The molecule has 0 N–H and O–H groups in total. The van der Waals surface area contributed by atoms with E-state index < -0.39 is 10.0 Å². The van der Waals surface area contributed by atoms with E-state index in [0.717, 1.165) is 28.3 Å². The highest BCUT2D eigenvalue weighted by Crippen LogP contribution is 2.39. The van der Waals surface area contributed by atoms with E-state index in [0.29, 0.717) is 62.7 Å². The smallest absolute Gasteiger partial charge is 0.243 e. The Morgan fingerprint density at radius 2 is 1.56 bits per heavy atom. The summed E-state index contributed by atoms with van der Waals surface area (Å²) in [4.78, 5) is 16.4. The van der Waals surface area contributed by atoms with E-state index in [1.807, 2.05) is 41.1 Å². The molecule has 0 unspecified atom stereocenters. The van der Waals surface area contributed by atoms with Gasteiger partial charge in [-0.2, -0.15) is 9.40 Å². The highest BCUT2D eigenvalue weighted by atomic mass is 32.2. The number of nitrogens with zero attached hydrogens (tertiary/aromatic N) is 7. The third-order valence-corrected chi connectivity index (χ3v) is 8.70. The van der Waals surface area contributed by atoms with Crippen LogP contribution in [0.5, 0.6) is 0 Å². The lowest BCUT2D eigenvalue weighted by Gasteiger charge is -2.34. The molecule has 0 radical (unpaired) electrons. The van der Waals surface area contributed by atoms with Crippen LogP contribution in [0.15, 0.2) is 41.4 Å². The van der Waals surface area contributed by atoms with Crippen molar-refractivity contribution in [1.29, 1.82) is 0 Å². The third-order valence-electron chi connectivity index (χ3n) is 6.82. The van der Waals surface area contributed by atoms with Crippen LogP contribution in [0.2, 0.25) is 0 Å². The molecule has 2 aromatic heterocycles. The van der Waals surface area contributed by atoms with Crippen molar-refractivity contribution in [2.75, 3.05) is 42.5 Å². The van der Waals surface area contributed by atoms with E-state index in [-0.39, 0.29) is 5.91 Å². The van der Waals surface area contributed by atoms with Gasteiger partial charge in [-0.25, -0.2) is 13.1 Å². The molecule has 0 atom stereocenters. The number of sulfonamides is 1. The van der Waals surface area contributed by atoms with Gasteiger partial charge in [-0.1, -0.05) is 0 Å². The molecule has 34 heavy (non-hydrogen) atoms. The summed E-state index contributed by atoms with van der Waals surface area (Å²) in [5.41, 5.74) is 3.77. The molecule has 1 saturated heterocycles. The number of aromatic nitrogens is 4. The molecule has 1 aromatic carbocycles. The van der Waals surface area contributed by atoms with Gasteiger partial charge in [-0.05, 0) is 61.2 Å². The van der Waals surface area contributed by atoms with Crippen molar-refractivity contribution in [3.63, 3.8) is 0 Å². The summed E-state index contributed by atoms with van der Waals surface area (Å²) in [5.74, 6) is 1.49. The minimum absolute atomic E-state index is 0.133. The van der Waals surface area contributed by atoms with Crippen molar-refractivity contribution < 1.29 is 13.2 Å². The number of piperazine rings is 1. The van der Waals surface area contributed by atoms with E-state index in [1.165, 1.54) is 0 Å². The quantitative estimate of drug-likeness (QED) is 0.556. The van der Waals surface area contributed by atoms with Gasteiger partial charge in [0.25, 0.3) is 0 Å². The summed E-state index contributed by atoms with van der Waals surface area (Å²) in [6, 6.07) is 9.19. The Bertz CT molecular complexity index is 1380. The average Bonchev–Trinajstić information content (AvgIpc) is 3.49. The fraction of sp³-hybridized carbons (Fsp3) is 0.391. The van der Waals surface area contributed by atoms with Crippen LogP contribution in [0.3, 0.4) is 0 Å². The van der Waals surface area contributed by atoms with E-state index in [1.54, 1.807) is 21.1 Å². The van der Waals surface area contributed by atoms with Gasteiger partial charge in [0.05, 0.1) is 16.3 Å². The molecule has 1 fully saturated rings. The Balaban J connectivity index is 1.17. The number of hydrogen-bond donors (Lipinski definition) is 0. The minimum atomic E-state index is -3.61. The molecule has 0 bridgehead atoms. The Hall–Kier alpha value is -3.31. The van der Waals surface area contributed by atoms with Gasteiger partial charge < -0.3 is 9.80 Å². The zero-order chi connectivity index (χ0) is 23.4. The summed E-state index contributed by atoms with van der Waals surface area (Å²) < 4.78 is 30.1. The van der Waals surface area contributed by atoms with E-state index in [9.17, 15) is 13.2 Å². The van der Waals surface area contributed by atoms with Crippen molar-refractivity contribution in [2.45, 2.75) is 31.1 Å². The van der Waals surface area contributed by atoms with E-state index >= 15 is 0 Å².